The summed E-state index contributed by atoms with van der Waals surface area (Å²) in [5, 5.41) is 0. The second-order valence-electron chi connectivity index (χ2n) is 3.80. The SMILES string of the molecule is Cc1cc(-c2nc3ncc(Br)cc3[nH]2)ccn1. The standard InChI is InChI=1S/C12H9BrN4/c1-7-4-8(2-3-14-7)11-16-10-5-9(13)6-15-12(10)17-11/h2-6H,1H3,(H,15,16,17). The Morgan fingerprint density at radius 3 is 2.94 bits per heavy atom. The Labute approximate surface area is 106 Å². The Bertz CT molecular complexity index is 690. The van der Waals surface area contributed by atoms with Gasteiger partial charge in [-0.25, -0.2) is 9.97 Å². The number of hydrogen-bond acceptors (Lipinski definition) is 3. The molecule has 1 N–H and O–H groups in total. The molecule has 0 aliphatic heterocycles. The number of nitrogens with zero attached hydrogens (tertiary/aromatic N) is 3. The van der Waals surface area contributed by atoms with Crippen LogP contribution >= 0.6 is 15.9 Å². The lowest BCUT2D eigenvalue weighted by molar-refractivity contribution is 1.19. The van der Waals surface area contributed by atoms with Gasteiger partial charge in [0.05, 0.1) is 5.52 Å². The van der Waals surface area contributed by atoms with Gasteiger partial charge in [0.2, 0.25) is 0 Å². The summed E-state index contributed by atoms with van der Waals surface area (Å²) in [6.45, 7) is 1.96. The van der Waals surface area contributed by atoms with Crippen molar-refractivity contribution in [3.05, 3.63) is 40.8 Å². The third-order valence-electron chi connectivity index (χ3n) is 2.47. The van der Waals surface area contributed by atoms with E-state index < -0.39 is 0 Å². The molecule has 0 saturated heterocycles. The van der Waals surface area contributed by atoms with Crippen LogP contribution in [0.3, 0.4) is 0 Å². The monoisotopic (exact) mass is 288 g/mol. The van der Waals surface area contributed by atoms with Crippen molar-refractivity contribution in [2.45, 2.75) is 6.92 Å². The molecule has 3 rings (SSSR count). The third-order valence-corrected chi connectivity index (χ3v) is 2.91. The van der Waals surface area contributed by atoms with Crippen LogP contribution in [0.2, 0.25) is 0 Å². The number of aryl methyl sites for hydroxylation is 1. The average Bonchev–Trinajstić information content (AvgIpc) is 2.72. The zero-order chi connectivity index (χ0) is 11.8. The molecular formula is C12H9BrN4. The molecule has 3 heterocycles. The number of fused-ring (bicyclic) bond motifs is 1. The molecule has 0 atom stereocenters. The van der Waals surface area contributed by atoms with Gasteiger partial charge in [0.25, 0.3) is 0 Å². The number of H-pyrrole nitrogens is 1. The number of aromatic nitrogens is 4. The highest BCUT2D eigenvalue weighted by molar-refractivity contribution is 9.10. The molecule has 0 aliphatic rings. The lowest BCUT2D eigenvalue weighted by Gasteiger charge is -1.96. The molecule has 0 fully saturated rings. The smallest absolute Gasteiger partial charge is 0.178 e. The summed E-state index contributed by atoms with van der Waals surface area (Å²) in [5.41, 5.74) is 3.63. The zero-order valence-corrected chi connectivity index (χ0v) is 10.7. The van der Waals surface area contributed by atoms with E-state index >= 15 is 0 Å². The maximum absolute atomic E-state index is 4.45. The quantitative estimate of drug-likeness (QED) is 0.749. The normalized spacial score (nSPS) is 10.9. The van der Waals surface area contributed by atoms with Gasteiger partial charge in [-0.1, -0.05) is 0 Å². The molecule has 0 radical (unpaired) electrons. The van der Waals surface area contributed by atoms with Crippen molar-refractivity contribution in [1.29, 1.82) is 0 Å². The number of imidazole rings is 1. The molecule has 17 heavy (non-hydrogen) atoms. The molecule has 0 aliphatic carbocycles. The van der Waals surface area contributed by atoms with Crippen molar-refractivity contribution in [3.63, 3.8) is 0 Å². The highest BCUT2D eigenvalue weighted by Gasteiger charge is 2.06. The summed E-state index contributed by atoms with van der Waals surface area (Å²) >= 11 is 3.39. The zero-order valence-electron chi connectivity index (χ0n) is 9.11. The fraction of sp³-hybridized carbons (Fsp3) is 0.0833. The van der Waals surface area contributed by atoms with Crippen LogP contribution in [0, 0.1) is 6.92 Å². The Morgan fingerprint density at radius 1 is 1.24 bits per heavy atom. The van der Waals surface area contributed by atoms with Crippen molar-refractivity contribution >= 4 is 27.1 Å². The van der Waals surface area contributed by atoms with Crippen LogP contribution in [0.4, 0.5) is 0 Å². The first kappa shape index (κ1) is 10.4. The van der Waals surface area contributed by atoms with E-state index in [4.69, 9.17) is 0 Å². The van der Waals surface area contributed by atoms with Gasteiger partial charge in [0.1, 0.15) is 5.82 Å². The minimum atomic E-state index is 0.720. The molecule has 0 amide bonds. The molecule has 3 aromatic heterocycles. The van der Waals surface area contributed by atoms with Gasteiger partial charge in [-0.15, -0.1) is 0 Å². The summed E-state index contributed by atoms with van der Waals surface area (Å²) in [7, 11) is 0. The fourth-order valence-corrected chi connectivity index (χ4v) is 2.04. The summed E-state index contributed by atoms with van der Waals surface area (Å²) in [5.74, 6) is 0.816. The van der Waals surface area contributed by atoms with Gasteiger partial charge >= 0.3 is 0 Å². The second kappa shape index (κ2) is 3.92. The molecule has 0 bridgehead atoms. The summed E-state index contributed by atoms with van der Waals surface area (Å²) in [6.07, 6.45) is 3.52. The Balaban J connectivity index is 2.18. The number of aromatic amines is 1. The van der Waals surface area contributed by atoms with E-state index in [1.54, 1.807) is 12.4 Å². The van der Waals surface area contributed by atoms with E-state index in [9.17, 15) is 0 Å². The van der Waals surface area contributed by atoms with Gasteiger partial charge in [0.15, 0.2) is 5.65 Å². The minimum Gasteiger partial charge on any atom is -0.337 e. The minimum absolute atomic E-state index is 0.720. The number of hydrogen-bond donors (Lipinski definition) is 1. The molecule has 0 saturated carbocycles. The van der Waals surface area contributed by atoms with E-state index in [1.807, 2.05) is 25.1 Å². The predicted molar refractivity (Wildman–Crippen MR) is 69.6 cm³/mol. The molecule has 5 heteroatoms. The topological polar surface area (TPSA) is 54.5 Å². The molecule has 0 aromatic carbocycles. The van der Waals surface area contributed by atoms with E-state index in [-0.39, 0.29) is 0 Å². The first-order chi connectivity index (χ1) is 8.22. The lowest BCUT2D eigenvalue weighted by atomic mass is 10.2. The van der Waals surface area contributed by atoms with Crippen molar-refractivity contribution in [1.82, 2.24) is 19.9 Å². The number of halogens is 1. The lowest BCUT2D eigenvalue weighted by Crippen LogP contribution is -1.84. The summed E-state index contributed by atoms with van der Waals surface area (Å²) < 4.78 is 0.936. The van der Waals surface area contributed by atoms with Gasteiger partial charge in [-0.2, -0.15) is 0 Å². The molecule has 84 valence electrons. The Morgan fingerprint density at radius 2 is 2.12 bits per heavy atom. The maximum Gasteiger partial charge on any atom is 0.178 e. The van der Waals surface area contributed by atoms with Crippen molar-refractivity contribution < 1.29 is 0 Å². The van der Waals surface area contributed by atoms with E-state index in [2.05, 4.69) is 35.9 Å². The maximum atomic E-state index is 4.45. The van der Waals surface area contributed by atoms with Gasteiger partial charge in [-0.05, 0) is 41.1 Å². The van der Waals surface area contributed by atoms with Gasteiger partial charge in [-0.3, -0.25) is 4.98 Å². The van der Waals surface area contributed by atoms with E-state index in [0.717, 1.165) is 32.7 Å². The average molecular weight is 289 g/mol. The van der Waals surface area contributed by atoms with Crippen LogP contribution in [0.1, 0.15) is 5.69 Å². The Kier molecular flexibility index (Phi) is 2.40. The summed E-state index contributed by atoms with van der Waals surface area (Å²) in [4.78, 5) is 16.1. The van der Waals surface area contributed by atoms with Crippen LogP contribution in [-0.4, -0.2) is 19.9 Å². The second-order valence-corrected chi connectivity index (χ2v) is 4.71. The molecule has 4 nitrogen and oxygen atoms in total. The Hall–Kier alpha value is -1.75. The molecule has 0 spiro atoms. The summed E-state index contributed by atoms with van der Waals surface area (Å²) in [6, 6.07) is 5.89. The number of nitrogens with one attached hydrogen (secondary N) is 1. The molecular weight excluding hydrogens is 280 g/mol. The van der Waals surface area contributed by atoms with Crippen LogP contribution in [-0.2, 0) is 0 Å². The molecule has 3 aromatic rings. The number of pyridine rings is 2. The highest BCUT2D eigenvalue weighted by Crippen LogP contribution is 2.21. The fourth-order valence-electron chi connectivity index (χ4n) is 1.70. The van der Waals surface area contributed by atoms with E-state index in [1.165, 1.54) is 0 Å². The van der Waals surface area contributed by atoms with Crippen molar-refractivity contribution in [3.8, 4) is 11.4 Å². The largest absolute Gasteiger partial charge is 0.337 e. The molecule has 0 unspecified atom stereocenters. The highest BCUT2D eigenvalue weighted by atomic mass is 79.9. The van der Waals surface area contributed by atoms with Gasteiger partial charge < -0.3 is 4.98 Å². The van der Waals surface area contributed by atoms with Gasteiger partial charge in [0, 0.05) is 28.1 Å². The third kappa shape index (κ3) is 1.93. The first-order valence-electron chi connectivity index (χ1n) is 5.17. The van der Waals surface area contributed by atoms with Crippen LogP contribution in [0.15, 0.2) is 35.1 Å². The van der Waals surface area contributed by atoms with Crippen LogP contribution in [0.25, 0.3) is 22.6 Å². The van der Waals surface area contributed by atoms with E-state index in [0.29, 0.717) is 0 Å². The van der Waals surface area contributed by atoms with Crippen molar-refractivity contribution in [2.24, 2.45) is 0 Å². The van der Waals surface area contributed by atoms with Crippen molar-refractivity contribution in [2.75, 3.05) is 0 Å². The van der Waals surface area contributed by atoms with Crippen LogP contribution < -0.4 is 0 Å². The number of rotatable bonds is 1. The predicted octanol–water partition coefficient (Wildman–Crippen LogP) is 3.09. The first-order valence-corrected chi connectivity index (χ1v) is 5.96. The van der Waals surface area contributed by atoms with Crippen LogP contribution in [0.5, 0.6) is 0 Å².